The number of carboxylic acid groups (broad SMARTS) is 1. The summed E-state index contributed by atoms with van der Waals surface area (Å²) in [6.45, 7) is 10.1. The number of piperidine rings is 1. The van der Waals surface area contributed by atoms with E-state index in [4.69, 9.17) is 24.1 Å². The molecule has 1 amide bonds. The number of cyclic esters (lactones) is 2. The average molecular weight is 907 g/mol. The molecule has 16 heteroatoms. The summed E-state index contributed by atoms with van der Waals surface area (Å²) >= 11 is 0. The Morgan fingerprint density at radius 1 is 0.677 bits per heavy atom. The highest BCUT2D eigenvalue weighted by Gasteiger charge is 2.54. The fraction of sp³-hybridized carbons (Fsp3) is 0.592. The Morgan fingerprint density at radius 3 is 1.66 bits per heavy atom. The molecule has 1 N–H and O–H groups in total. The summed E-state index contributed by atoms with van der Waals surface area (Å²) in [6.07, 6.45) is 6.38. The molecule has 2 aromatic rings. The highest BCUT2D eigenvalue weighted by atomic mass is 16.6. The number of hydrogen-bond donors (Lipinski definition) is 1. The summed E-state index contributed by atoms with van der Waals surface area (Å²) in [7, 11) is 2.68. The van der Waals surface area contributed by atoms with Gasteiger partial charge in [-0.3, -0.25) is 28.8 Å². The molecule has 0 aromatic heterocycles. The lowest BCUT2D eigenvalue weighted by atomic mass is 9.77. The van der Waals surface area contributed by atoms with Crippen molar-refractivity contribution in [2.75, 3.05) is 33.9 Å². The predicted molar refractivity (Wildman–Crippen MR) is 236 cm³/mol. The average Bonchev–Trinajstić information content (AvgIpc) is 3.85. The Bertz CT molecular complexity index is 1880. The summed E-state index contributed by atoms with van der Waals surface area (Å²) in [5.41, 5.74) is 0.926. The second kappa shape index (κ2) is 26.4. The number of rotatable bonds is 13. The van der Waals surface area contributed by atoms with Gasteiger partial charge in [0.25, 0.3) is 0 Å². The van der Waals surface area contributed by atoms with Crippen LogP contribution >= 0.6 is 0 Å². The zero-order chi connectivity index (χ0) is 47.5. The molecule has 3 aliphatic heterocycles. The Morgan fingerprint density at radius 2 is 1.20 bits per heavy atom. The van der Waals surface area contributed by atoms with Gasteiger partial charge in [-0.15, -0.1) is 0 Å². The quantitative estimate of drug-likeness (QED) is 0.130. The molecule has 3 saturated heterocycles. The van der Waals surface area contributed by atoms with Gasteiger partial charge in [0, 0.05) is 44.2 Å². The van der Waals surface area contributed by atoms with Gasteiger partial charge in [-0.2, -0.15) is 0 Å². The molecule has 0 radical (unpaired) electrons. The first-order valence-corrected chi connectivity index (χ1v) is 22.9. The zero-order valence-electron chi connectivity index (χ0n) is 38.4. The van der Waals surface area contributed by atoms with Crippen molar-refractivity contribution >= 4 is 47.7 Å². The van der Waals surface area contributed by atoms with E-state index in [0.29, 0.717) is 61.5 Å². The lowest BCUT2D eigenvalue weighted by Crippen LogP contribution is -2.56. The number of carbonyl (C=O) groups excluding carboxylic acids is 7. The first kappa shape index (κ1) is 52.0. The third kappa shape index (κ3) is 15.2. The summed E-state index contributed by atoms with van der Waals surface area (Å²) in [5.74, 6) is -3.69. The van der Waals surface area contributed by atoms with Crippen LogP contribution in [0.5, 0.6) is 0 Å². The molecule has 356 valence electrons. The number of hydrogen-bond acceptors (Lipinski definition) is 14. The molecule has 0 spiro atoms. The topological polar surface area (TPSA) is 209 Å². The van der Waals surface area contributed by atoms with Crippen LogP contribution in [0.15, 0.2) is 60.7 Å². The first-order chi connectivity index (χ1) is 31.2. The van der Waals surface area contributed by atoms with Gasteiger partial charge < -0.3 is 38.6 Å². The summed E-state index contributed by atoms with van der Waals surface area (Å²) < 4.78 is 25.4. The van der Waals surface area contributed by atoms with Crippen molar-refractivity contribution in [3.8, 4) is 0 Å². The Hall–Kier alpha value is -5.64. The molecular formula is C49H66N2O14. The van der Waals surface area contributed by atoms with Crippen molar-refractivity contribution < 1.29 is 67.1 Å². The molecule has 8 atom stereocenters. The maximum atomic E-state index is 12.7. The predicted octanol–water partition coefficient (Wildman–Crippen LogP) is 6.43. The number of esters is 6. The van der Waals surface area contributed by atoms with Crippen molar-refractivity contribution in [3.05, 3.63) is 71.8 Å². The van der Waals surface area contributed by atoms with E-state index in [9.17, 15) is 38.4 Å². The third-order valence-electron chi connectivity index (χ3n) is 12.8. The number of carbonyl (C=O) groups is 8. The minimum Gasteiger partial charge on any atom is -0.481 e. The molecule has 2 aromatic carbocycles. The zero-order valence-corrected chi connectivity index (χ0v) is 38.4. The minimum atomic E-state index is -0.945. The normalized spacial score (nSPS) is 24.9. The van der Waals surface area contributed by atoms with Crippen LogP contribution in [0.25, 0.3) is 0 Å². The molecular weight excluding hydrogens is 841 g/mol. The van der Waals surface area contributed by atoms with E-state index in [-0.39, 0.29) is 67.1 Å². The maximum Gasteiger partial charge on any atom is 0.338 e. The number of nitrogens with zero attached hydrogens (tertiary/aromatic N) is 2. The van der Waals surface area contributed by atoms with Gasteiger partial charge >= 0.3 is 41.8 Å². The number of benzene rings is 2. The maximum absolute atomic E-state index is 12.7. The fourth-order valence-corrected chi connectivity index (χ4v) is 9.50. The van der Waals surface area contributed by atoms with Crippen LogP contribution in [0.1, 0.15) is 125 Å². The van der Waals surface area contributed by atoms with Crippen molar-refractivity contribution in [3.63, 3.8) is 0 Å². The van der Waals surface area contributed by atoms with Crippen LogP contribution in [0.3, 0.4) is 0 Å². The van der Waals surface area contributed by atoms with E-state index >= 15 is 0 Å². The third-order valence-corrected chi connectivity index (χ3v) is 12.8. The second-order valence-corrected chi connectivity index (χ2v) is 16.8. The molecule has 4 bridgehead atoms. The van der Waals surface area contributed by atoms with Gasteiger partial charge in [0.05, 0.1) is 31.3 Å². The van der Waals surface area contributed by atoms with Crippen LogP contribution in [-0.2, 0) is 52.5 Å². The summed E-state index contributed by atoms with van der Waals surface area (Å²) in [5, 5.41) is 8.78. The van der Waals surface area contributed by atoms with Crippen LogP contribution in [0.2, 0.25) is 0 Å². The van der Waals surface area contributed by atoms with Gasteiger partial charge in [-0.1, -0.05) is 63.6 Å². The molecule has 3 heterocycles. The number of aliphatic carboxylic acids is 1. The van der Waals surface area contributed by atoms with E-state index in [1.807, 2.05) is 6.07 Å². The molecule has 16 nitrogen and oxygen atoms in total. The smallest absolute Gasteiger partial charge is 0.338 e. The van der Waals surface area contributed by atoms with Crippen LogP contribution in [-0.4, -0.2) is 121 Å². The van der Waals surface area contributed by atoms with E-state index in [1.165, 1.54) is 33.9 Å². The number of carboxylic acids is 1. The van der Waals surface area contributed by atoms with Gasteiger partial charge in [-0.25, -0.2) is 9.59 Å². The van der Waals surface area contributed by atoms with Gasteiger partial charge in [0.2, 0.25) is 5.91 Å². The van der Waals surface area contributed by atoms with Gasteiger partial charge in [0.1, 0.15) is 18.1 Å². The van der Waals surface area contributed by atoms with Crippen molar-refractivity contribution in [2.24, 2.45) is 23.7 Å². The Kier molecular flexibility index (Phi) is 21.1. The number of ether oxygens (including phenoxy) is 5. The SMILES string of the molecule is CCN(CC)CC.COC(=O)C1C(OC(=O)c2ccccc2)CC2CCC1N2C(=O)CCCC(=O)O.COC(=O)C1C2CCC(C2)CC1OC(=O)c1ccccc1.O=C1CCCC(=O)O1. The molecule has 2 saturated carbocycles. The van der Waals surface area contributed by atoms with Crippen molar-refractivity contribution in [2.45, 2.75) is 129 Å². The molecule has 5 fully saturated rings. The summed E-state index contributed by atoms with van der Waals surface area (Å²) in [6, 6.07) is 16.9. The van der Waals surface area contributed by atoms with Gasteiger partial charge in [0.15, 0.2) is 0 Å². The molecule has 65 heavy (non-hydrogen) atoms. The van der Waals surface area contributed by atoms with E-state index in [0.717, 1.165) is 25.7 Å². The monoisotopic (exact) mass is 906 g/mol. The molecule has 7 rings (SSSR count). The Labute approximate surface area is 381 Å². The highest BCUT2D eigenvalue weighted by molar-refractivity contribution is 5.91. The molecule has 5 aliphatic rings. The van der Waals surface area contributed by atoms with E-state index < -0.39 is 36.0 Å². The van der Waals surface area contributed by atoms with Crippen LogP contribution in [0.4, 0.5) is 0 Å². The number of methoxy groups -OCH3 is 2. The standard InChI is InChI=1S/C21H25NO7.C17H20O4.C6H15N.C5H6O3/c1-28-21(27)19-15-11-10-14(22(15)17(23)8-5-9-18(24)25)12-16(19)29-20(26)13-6-3-2-4-7-13;1-20-17(19)15-13-8-7-11(9-13)10-14(15)21-16(18)12-5-3-2-4-6-12;1-4-7(5-2)6-3;6-4-2-1-3-5(7)8-4/h2-4,6-7,14-16,19H,5,8-12H2,1H3,(H,24,25);2-6,11,13-15H,7-10H2,1H3;4-6H2,1-3H3;1-3H2. The lowest BCUT2D eigenvalue weighted by Gasteiger charge is -2.42. The van der Waals surface area contributed by atoms with E-state index in [2.05, 4.69) is 30.4 Å². The second-order valence-electron chi connectivity index (χ2n) is 16.8. The fourth-order valence-electron chi connectivity index (χ4n) is 9.50. The largest absolute Gasteiger partial charge is 0.481 e. The number of fused-ring (bicyclic) bond motifs is 4. The van der Waals surface area contributed by atoms with Gasteiger partial charge in [-0.05, 0) is 101 Å². The highest BCUT2D eigenvalue weighted by Crippen LogP contribution is 2.47. The first-order valence-electron chi connectivity index (χ1n) is 22.9. The minimum absolute atomic E-state index is 0.0767. The van der Waals surface area contributed by atoms with Crippen LogP contribution in [0, 0.1) is 23.7 Å². The molecule has 2 aliphatic carbocycles. The molecule has 8 unspecified atom stereocenters. The van der Waals surface area contributed by atoms with Crippen molar-refractivity contribution in [1.29, 1.82) is 0 Å². The number of amides is 1. The van der Waals surface area contributed by atoms with Crippen LogP contribution < -0.4 is 0 Å². The van der Waals surface area contributed by atoms with E-state index in [1.54, 1.807) is 59.5 Å². The van der Waals surface area contributed by atoms with Crippen molar-refractivity contribution in [1.82, 2.24) is 9.80 Å². The summed E-state index contributed by atoms with van der Waals surface area (Å²) in [4.78, 5) is 97.3. The lowest BCUT2D eigenvalue weighted by molar-refractivity contribution is -0.164. The Balaban J connectivity index is 0.000000221.